The lowest BCUT2D eigenvalue weighted by molar-refractivity contribution is 1.09. The fraction of sp³-hybridized carbons (Fsp3) is 0. The largest absolute Gasteiger partial charge is 0.307 e. The summed E-state index contributed by atoms with van der Waals surface area (Å²) in [6, 6.07) is 92.9. The molecule has 13 rings (SSSR count). The molecule has 4 heteroatoms. The third-order valence-electron chi connectivity index (χ3n) is 13.8. The Morgan fingerprint density at radius 1 is 0.286 bits per heavy atom. The summed E-state index contributed by atoms with van der Waals surface area (Å²) in [6.07, 6.45) is 0. The molecule has 0 amide bonds. The molecule has 326 valence electrons. The van der Waals surface area contributed by atoms with Crippen LogP contribution in [0.5, 0.6) is 0 Å². The molecule has 0 saturated carbocycles. The molecular formula is C66H42N4. The van der Waals surface area contributed by atoms with E-state index in [0.717, 1.165) is 122 Å². The van der Waals surface area contributed by atoms with Gasteiger partial charge in [-0.1, -0.05) is 182 Å². The highest BCUT2D eigenvalue weighted by molar-refractivity contribution is 6.14. The normalized spacial score (nSPS) is 11.4. The van der Waals surface area contributed by atoms with E-state index in [1.165, 1.54) is 0 Å². The van der Waals surface area contributed by atoms with Gasteiger partial charge in [-0.15, -0.1) is 0 Å². The van der Waals surface area contributed by atoms with E-state index in [0.29, 0.717) is 5.56 Å². The van der Waals surface area contributed by atoms with Gasteiger partial charge in [-0.2, -0.15) is 5.26 Å². The van der Waals surface area contributed by atoms with Gasteiger partial charge in [-0.05, 0) is 117 Å². The fourth-order valence-electron chi connectivity index (χ4n) is 10.4. The van der Waals surface area contributed by atoms with Gasteiger partial charge in [-0.25, -0.2) is 4.98 Å². The van der Waals surface area contributed by atoms with E-state index in [2.05, 4.69) is 234 Å². The second-order valence-electron chi connectivity index (χ2n) is 17.8. The molecule has 0 aliphatic heterocycles. The monoisotopic (exact) mass is 890 g/mol. The maximum absolute atomic E-state index is 11.3. The molecule has 0 saturated heterocycles. The minimum atomic E-state index is 0.534. The molecule has 0 fully saturated rings. The molecule has 0 N–H and O–H groups in total. The van der Waals surface area contributed by atoms with Gasteiger partial charge >= 0.3 is 0 Å². The third-order valence-corrected chi connectivity index (χ3v) is 13.8. The van der Waals surface area contributed by atoms with Crippen molar-refractivity contribution in [2.75, 3.05) is 0 Å². The molecule has 0 atom stereocenters. The van der Waals surface area contributed by atoms with Crippen LogP contribution in [-0.4, -0.2) is 14.1 Å². The Bertz CT molecular complexity index is 3950. The van der Waals surface area contributed by atoms with Gasteiger partial charge in [0, 0.05) is 32.7 Å². The minimum absolute atomic E-state index is 0.534. The number of hydrogen-bond acceptors (Lipinski definition) is 2. The van der Waals surface area contributed by atoms with Crippen molar-refractivity contribution in [2.24, 2.45) is 0 Å². The summed E-state index contributed by atoms with van der Waals surface area (Å²) < 4.78 is 4.78. The summed E-state index contributed by atoms with van der Waals surface area (Å²) in [6.45, 7) is 0. The molecule has 10 aromatic carbocycles. The van der Waals surface area contributed by atoms with Crippen molar-refractivity contribution in [3.05, 3.63) is 260 Å². The average molecular weight is 891 g/mol. The topological polar surface area (TPSA) is 46.5 Å². The first-order valence-corrected chi connectivity index (χ1v) is 23.7. The van der Waals surface area contributed by atoms with Crippen molar-refractivity contribution >= 4 is 43.6 Å². The van der Waals surface area contributed by atoms with Crippen molar-refractivity contribution in [2.45, 2.75) is 0 Å². The standard InChI is InChI=1S/C66H42N4/c67-43-53-41-65(69-61-33-29-49(44-17-6-1-7-18-44)37-55(61)56-38-50(30-34-62(56)69)45-19-8-2-9-20-45)66(42-54(53)60-28-16-27-59(68-60)48-25-14-5-15-26-48)70-63-35-31-51(46-21-10-3-11-22-46)39-57(63)58-40-52(32-36-64(58)70)47-23-12-4-13-24-47/h1-42H. The van der Waals surface area contributed by atoms with Crippen LogP contribution in [0.3, 0.4) is 0 Å². The summed E-state index contributed by atoms with van der Waals surface area (Å²) in [4.78, 5) is 5.26. The first-order chi connectivity index (χ1) is 34.7. The van der Waals surface area contributed by atoms with Crippen LogP contribution in [0.2, 0.25) is 0 Å². The molecule has 0 radical (unpaired) electrons. The number of aromatic nitrogens is 3. The van der Waals surface area contributed by atoms with Crippen molar-refractivity contribution in [3.8, 4) is 84.5 Å². The fourth-order valence-corrected chi connectivity index (χ4v) is 10.4. The Morgan fingerprint density at radius 3 is 0.971 bits per heavy atom. The van der Waals surface area contributed by atoms with Gasteiger partial charge in [0.1, 0.15) is 0 Å². The smallest absolute Gasteiger partial charge is 0.0999 e. The van der Waals surface area contributed by atoms with E-state index < -0.39 is 0 Å². The summed E-state index contributed by atoms with van der Waals surface area (Å²) in [5, 5.41) is 15.8. The van der Waals surface area contributed by atoms with E-state index in [1.807, 2.05) is 36.4 Å². The maximum atomic E-state index is 11.3. The molecule has 3 aromatic heterocycles. The van der Waals surface area contributed by atoms with E-state index in [4.69, 9.17) is 4.98 Å². The van der Waals surface area contributed by atoms with Crippen LogP contribution >= 0.6 is 0 Å². The van der Waals surface area contributed by atoms with Crippen LogP contribution in [0.25, 0.3) is 122 Å². The minimum Gasteiger partial charge on any atom is -0.307 e. The maximum Gasteiger partial charge on any atom is 0.0999 e. The van der Waals surface area contributed by atoms with Crippen molar-refractivity contribution in [1.82, 2.24) is 14.1 Å². The number of rotatable bonds is 8. The summed E-state index contributed by atoms with van der Waals surface area (Å²) in [5.41, 5.74) is 19.1. The Morgan fingerprint density at radius 2 is 0.614 bits per heavy atom. The SMILES string of the molecule is N#Cc1cc(-n2c3ccc(-c4ccccc4)cc3c3cc(-c4ccccc4)ccc32)c(-n2c3ccc(-c4ccccc4)cc3c3cc(-c4ccccc4)ccc32)cc1-c1cccc(-c2ccccc2)n1. The van der Waals surface area contributed by atoms with Gasteiger partial charge in [0.25, 0.3) is 0 Å². The van der Waals surface area contributed by atoms with Crippen LogP contribution in [0, 0.1) is 11.3 Å². The quantitative estimate of drug-likeness (QED) is 0.153. The van der Waals surface area contributed by atoms with Crippen molar-refractivity contribution in [3.63, 3.8) is 0 Å². The highest BCUT2D eigenvalue weighted by Gasteiger charge is 2.24. The average Bonchev–Trinajstić information content (AvgIpc) is 3.95. The van der Waals surface area contributed by atoms with E-state index in [1.54, 1.807) is 0 Å². The lowest BCUT2D eigenvalue weighted by Crippen LogP contribution is -2.06. The highest BCUT2D eigenvalue weighted by atomic mass is 15.1. The van der Waals surface area contributed by atoms with Crippen LogP contribution in [-0.2, 0) is 0 Å². The molecule has 4 nitrogen and oxygen atoms in total. The molecule has 0 aliphatic carbocycles. The molecule has 0 bridgehead atoms. The van der Waals surface area contributed by atoms with Crippen molar-refractivity contribution in [1.29, 1.82) is 5.26 Å². The first-order valence-electron chi connectivity index (χ1n) is 23.7. The number of benzene rings is 10. The lowest BCUT2D eigenvalue weighted by atomic mass is 10.0. The van der Waals surface area contributed by atoms with Gasteiger partial charge < -0.3 is 9.13 Å². The number of fused-ring (bicyclic) bond motifs is 6. The zero-order valence-corrected chi connectivity index (χ0v) is 38.0. The van der Waals surface area contributed by atoms with E-state index in [-0.39, 0.29) is 0 Å². The van der Waals surface area contributed by atoms with Gasteiger partial charge in [0.05, 0.1) is 56.5 Å². The van der Waals surface area contributed by atoms with E-state index in [9.17, 15) is 5.26 Å². The van der Waals surface area contributed by atoms with E-state index >= 15 is 0 Å². The second kappa shape index (κ2) is 16.9. The van der Waals surface area contributed by atoms with Gasteiger partial charge in [-0.3, -0.25) is 0 Å². The van der Waals surface area contributed by atoms with Gasteiger partial charge in [0.15, 0.2) is 0 Å². The zero-order chi connectivity index (χ0) is 46.5. The summed E-state index contributed by atoms with van der Waals surface area (Å²) >= 11 is 0. The Hall–Kier alpha value is -9.56. The van der Waals surface area contributed by atoms with Gasteiger partial charge in [0.2, 0.25) is 0 Å². The molecule has 0 spiro atoms. The zero-order valence-electron chi connectivity index (χ0n) is 38.0. The second-order valence-corrected chi connectivity index (χ2v) is 17.8. The number of nitrogens with zero attached hydrogens (tertiary/aromatic N) is 4. The molecular weight excluding hydrogens is 849 g/mol. The molecule has 0 aliphatic rings. The molecule has 0 unspecified atom stereocenters. The predicted octanol–water partition coefficient (Wildman–Crippen LogP) is 17.1. The van der Waals surface area contributed by atoms with Crippen LogP contribution in [0.15, 0.2) is 255 Å². The lowest BCUT2D eigenvalue weighted by Gasteiger charge is -2.20. The van der Waals surface area contributed by atoms with Crippen LogP contribution in [0.4, 0.5) is 0 Å². The number of pyridine rings is 1. The van der Waals surface area contributed by atoms with Crippen LogP contribution in [0.1, 0.15) is 5.56 Å². The number of hydrogen-bond donors (Lipinski definition) is 0. The van der Waals surface area contributed by atoms with Crippen molar-refractivity contribution < 1.29 is 0 Å². The molecule has 70 heavy (non-hydrogen) atoms. The molecule has 3 heterocycles. The Kier molecular flexibility index (Phi) is 9.85. The Balaban J connectivity index is 1.15. The number of nitriles is 1. The Labute approximate surface area is 405 Å². The predicted molar refractivity (Wildman–Crippen MR) is 290 cm³/mol. The summed E-state index contributed by atoms with van der Waals surface area (Å²) in [5.74, 6) is 0. The van der Waals surface area contributed by atoms with Crippen LogP contribution < -0.4 is 0 Å². The molecule has 13 aromatic rings. The highest BCUT2D eigenvalue weighted by Crippen LogP contribution is 2.44. The first kappa shape index (κ1) is 40.7. The summed E-state index contributed by atoms with van der Waals surface area (Å²) in [7, 11) is 0. The third kappa shape index (κ3) is 6.96.